The van der Waals surface area contributed by atoms with Crippen molar-refractivity contribution in [3.05, 3.63) is 48.0 Å². The lowest BCUT2D eigenvalue weighted by Crippen LogP contribution is -2.44. The van der Waals surface area contributed by atoms with Gasteiger partial charge in [0.15, 0.2) is 0 Å². The molecule has 0 saturated heterocycles. The number of aliphatic hydroxyl groups is 1. The number of hydrogen-bond donors (Lipinski definition) is 2. The predicted molar refractivity (Wildman–Crippen MR) is 83.9 cm³/mol. The third-order valence-corrected chi connectivity index (χ3v) is 4.32. The Labute approximate surface area is 134 Å². The molecule has 1 saturated carbocycles. The fourth-order valence-electron chi connectivity index (χ4n) is 2.98. The third-order valence-electron chi connectivity index (χ3n) is 4.32. The standard InChI is InChI=1S/C17H20FN3O2/c18-14-11-13(5-6-15(14)21-10-4-9-20-21)16(22)19-12-17(23)7-2-1-3-8-17/h4-6,9-11,23H,1-3,7-8,12H2,(H,19,22). The van der Waals surface area contributed by atoms with Gasteiger partial charge in [0.1, 0.15) is 11.5 Å². The molecule has 122 valence electrons. The minimum atomic E-state index is -0.832. The van der Waals surface area contributed by atoms with E-state index in [4.69, 9.17) is 0 Å². The average molecular weight is 317 g/mol. The van der Waals surface area contributed by atoms with Crippen LogP contribution < -0.4 is 5.32 Å². The van der Waals surface area contributed by atoms with E-state index in [1.165, 1.54) is 16.8 Å². The first-order valence-electron chi connectivity index (χ1n) is 7.88. The molecule has 2 N–H and O–H groups in total. The molecule has 0 unspecified atom stereocenters. The van der Waals surface area contributed by atoms with Crippen LogP contribution in [0.15, 0.2) is 36.7 Å². The van der Waals surface area contributed by atoms with Crippen LogP contribution in [0.25, 0.3) is 5.69 Å². The molecule has 3 rings (SSSR count). The highest BCUT2D eigenvalue weighted by Gasteiger charge is 2.29. The van der Waals surface area contributed by atoms with E-state index >= 15 is 0 Å². The van der Waals surface area contributed by atoms with Gasteiger partial charge in [-0.3, -0.25) is 4.79 Å². The summed E-state index contributed by atoms with van der Waals surface area (Å²) in [5.41, 5.74) is -0.308. The van der Waals surface area contributed by atoms with Crippen LogP contribution in [0.2, 0.25) is 0 Å². The topological polar surface area (TPSA) is 67.2 Å². The highest BCUT2D eigenvalue weighted by Crippen LogP contribution is 2.27. The van der Waals surface area contributed by atoms with Gasteiger partial charge in [-0.1, -0.05) is 19.3 Å². The van der Waals surface area contributed by atoms with Crippen LogP contribution in [0.3, 0.4) is 0 Å². The first-order chi connectivity index (χ1) is 11.1. The van der Waals surface area contributed by atoms with Crippen molar-refractivity contribution in [3.8, 4) is 5.69 Å². The largest absolute Gasteiger partial charge is 0.388 e. The van der Waals surface area contributed by atoms with E-state index in [0.29, 0.717) is 12.8 Å². The molecule has 1 aliphatic carbocycles. The molecule has 0 aliphatic heterocycles. The summed E-state index contributed by atoms with van der Waals surface area (Å²) < 4.78 is 15.6. The fraction of sp³-hybridized carbons (Fsp3) is 0.412. The number of nitrogens with zero attached hydrogens (tertiary/aromatic N) is 2. The SMILES string of the molecule is O=C(NCC1(O)CCCCC1)c1ccc(-n2cccn2)c(F)c1. The molecule has 0 spiro atoms. The lowest BCUT2D eigenvalue weighted by Gasteiger charge is -2.32. The van der Waals surface area contributed by atoms with Gasteiger partial charge in [-0.05, 0) is 37.1 Å². The molecule has 0 bridgehead atoms. The highest BCUT2D eigenvalue weighted by atomic mass is 19.1. The first-order valence-corrected chi connectivity index (χ1v) is 7.88. The summed E-state index contributed by atoms with van der Waals surface area (Å²) in [5, 5.41) is 17.1. The Bertz CT molecular complexity index is 679. The molecular weight excluding hydrogens is 297 g/mol. The fourth-order valence-corrected chi connectivity index (χ4v) is 2.98. The number of carbonyl (C=O) groups excluding carboxylic acids is 1. The van der Waals surface area contributed by atoms with Crippen LogP contribution in [-0.2, 0) is 0 Å². The number of hydrogen-bond acceptors (Lipinski definition) is 3. The van der Waals surface area contributed by atoms with Crippen molar-refractivity contribution < 1.29 is 14.3 Å². The zero-order chi connectivity index (χ0) is 16.3. The molecule has 1 fully saturated rings. The van der Waals surface area contributed by atoms with Crippen LogP contribution >= 0.6 is 0 Å². The van der Waals surface area contributed by atoms with Gasteiger partial charge >= 0.3 is 0 Å². The first kappa shape index (κ1) is 15.7. The number of amides is 1. The van der Waals surface area contributed by atoms with E-state index in [0.717, 1.165) is 19.3 Å². The van der Waals surface area contributed by atoms with Crippen molar-refractivity contribution in [3.63, 3.8) is 0 Å². The van der Waals surface area contributed by atoms with Crippen LogP contribution in [0.5, 0.6) is 0 Å². The molecule has 0 atom stereocenters. The summed E-state index contributed by atoms with van der Waals surface area (Å²) in [5.74, 6) is -0.896. The molecule has 1 amide bonds. The van der Waals surface area contributed by atoms with Crippen molar-refractivity contribution in [2.24, 2.45) is 0 Å². The van der Waals surface area contributed by atoms with Gasteiger partial charge in [-0.25, -0.2) is 9.07 Å². The maximum absolute atomic E-state index is 14.2. The zero-order valence-corrected chi connectivity index (χ0v) is 12.8. The Hall–Kier alpha value is -2.21. The van der Waals surface area contributed by atoms with Crippen molar-refractivity contribution in [2.45, 2.75) is 37.7 Å². The number of carbonyl (C=O) groups is 1. The average Bonchev–Trinajstić information content (AvgIpc) is 3.07. The maximum atomic E-state index is 14.2. The van der Waals surface area contributed by atoms with Gasteiger partial charge in [0, 0.05) is 24.5 Å². The smallest absolute Gasteiger partial charge is 0.251 e. The number of halogens is 1. The Morgan fingerprint density at radius 3 is 2.78 bits per heavy atom. The number of rotatable bonds is 4. The molecule has 2 aromatic rings. The van der Waals surface area contributed by atoms with Gasteiger partial charge < -0.3 is 10.4 Å². The summed E-state index contributed by atoms with van der Waals surface area (Å²) >= 11 is 0. The second kappa shape index (κ2) is 6.50. The molecule has 0 radical (unpaired) electrons. The predicted octanol–water partition coefficient (Wildman–Crippen LogP) is 2.44. The van der Waals surface area contributed by atoms with Gasteiger partial charge in [-0.2, -0.15) is 5.10 Å². The van der Waals surface area contributed by atoms with Crippen molar-refractivity contribution in [2.75, 3.05) is 6.54 Å². The number of aromatic nitrogens is 2. The van der Waals surface area contributed by atoms with Crippen LogP contribution in [-0.4, -0.2) is 32.9 Å². The maximum Gasteiger partial charge on any atom is 0.251 e. The number of benzene rings is 1. The molecule has 23 heavy (non-hydrogen) atoms. The number of nitrogens with one attached hydrogen (secondary N) is 1. The lowest BCUT2D eigenvalue weighted by atomic mass is 9.85. The molecule has 1 heterocycles. The summed E-state index contributed by atoms with van der Waals surface area (Å²) in [6.07, 6.45) is 7.65. The van der Waals surface area contributed by atoms with Gasteiger partial charge in [0.25, 0.3) is 5.91 Å². The summed E-state index contributed by atoms with van der Waals surface area (Å²) in [6, 6.07) is 5.97. The van der Waals surface area contributed by atoms with Crippen LogP contribution in [0, 0.1) is 5.82 Å². The Kier molecular flexibility index (Phi) is 4.43. The second-order valence-corrected chi connectivity index (χ2v) is 6.08. The second-order valence-electron chi connectivity index (χ2n) is 6.08. The molecule has 1 aromatic carbocycles. The zero-order valence-electron chi connectivity index (χ0n) is 12.8. The summed E-state index contributed by atoms with van der Waals surface area (Å²) in [6.45, 7) is 0.203. The molecular formula is C17H20FN3O2. The van der Waals surface area contributed by atoms with Crippen molar-refractivity contribution in [1.29, 1.82) is 0 Å². The van der Waals surface area contributed by atoms with Gasteiger partial charge in [0.05, 0.1) is 5.60 Å². The molecule has 5 nitrogen and oxygen atoms in total. The van der Waals surface area contributed by atoms with E-state index in [-0.39, 0.29) is 23.7 Å². The van der Waals surface area contributed by atoms with Crippen molar-refractivity contribution in [1.82, 2.24) is 15.1 Å². The molecule has 6 heteroatoms. The van der Waals surface area contributed by atoms with E-state index in [1.54, 1.807) is 24.5 Å². The minimum Gasteiger partial charge on any atom is -0.388 e. The monoisotopic (exact) mass is 317 g/mol. The third kappa shape index (κ3) is 3.59. The lowest BCUT2D eigenvalue weighted by molar-refractivity contribution is 0.00525. The highest BCUT2D eigenvalue weighted by molar-refractivity contribution is 5.94. The van der Waals surface area contributed by atoms with Crippen LogP contribution in [0.1, 0.15) is 42.5 Å². The summed E-state index contributed by atoms with van der Waals surface area (Å²) in [4.78, 5) is 12.2. The Morgan fingerprint density at radius 2 is 2.13 bits per heavy atom. The van der Waals surface area contributed by atoms with E-state index < -0.39 is 11.4 Å². The normalized spacial score (nSPS) is 17.0. The van der Waals surface area contributed by atoms with Gasteiger partial charge in [-0.15, -0.1) is 0 Å². The molecule has 1 aromatic heterocycles. The van der Waals surface area contributed by atoms with E-state index in [9.17, 15) is 14.3 Å². The van der Waals surface area contributed by atoms with E-state index in [2.05, 4.69) is 10.4 Å². The van der Waals surface area contributed by atoms with Crippen molar-refractivity contribution >= 4 is 5.91 Å². The Morgan fingerprint density at radius 1 is 1.35 bits per heavy atom. The van der Waals surface area contributed by atoms with E-state index in [1.807, 2.05) is 0 Å². The molecule has 1 aliphatic rings. The Balaban J connectivity index is 1.67. The minimum absolute atomic E-state index is 0.203. The quantitative estimate of drug-likeness (QED) is 0.910. The van der Waals surface area contributed by atoms with Crippen LogP contribution in [0.4, 0.5) is 4.39 Å². The van der Waals surface area contributed by atoms with Gasteiger partial charge in [0.2, 0.25) is 0 Å². The summed E-state index contributed by atoms with van der Waals surface area (Å²) in [7, 11) is 0.